The van der Waals surface area contributed by atoms with Crippen molar-refractivity contribution in [2.24, 2.45) is 7.05 Å². The number of esters is 1. The second-order valence-corrected chi connectivity index (χ2v) is 4.79. The smallest absolute Gasteiger partial charge is 0.343 e. The monoisotopic (exact) mass is 325 g/mol. The van der Waals surface area contributed by atoms with Gasteiger partial charge in [-0.3, -0.25) is 14.2 Å². The summed E-state index contributed by atoms with van der Waals surface area (Å²) >= 11 is 5.99. The van der Waals surface area contributed by atoms with Crippen LogP contribution in [-0.4, -0.2) is 38.0 Å². The third-order valence-electron chi connectivity index (χ3n) is 2.92. The number of carbonyl (C=O) groups excluding carboxylic acids is 2. The molecule has 0 bridgehead atoms. The number of nitrogens with zero attached hydrogens (tertiary/aromatic N) is 4. The number of hydrogen-bond acceptors (Lipinski definition) is 5. The van der Waals surface area contributed by atoms with Gasteiger partial charge < -0.3 is 10.1 Å². The summed E-state index contributed by atoms with van der Waals surface area (Å²) in [5, 5.41) is 10.9. The fourth-order valence-electron chi connectivity index (χ4n) is 1.82. The molecule has 0 atom stereocenters. The molecule has 0 aliphatic rings. The summed E-state index contributed by atoms with van der Waals surface area (Å²) in [4.78, 5) is 24.1. The van der Waals surface area contributed by atoms with Crippen molar-refractivity contribution in [3.05, 3.63) is 28.7 Å². The van der Waals surface area contributed by atoms with E-state index in [0.717, 1.165) is 0 Å². The zero-order valence-electron chi connectivity index (χ0n) is 12.5. The van der Waals surface area contributed by atoms with Crippen molar-refractivity contribution in [3.63, 3.8) is 0 Å². The number of aromatic nitrogens is 4. The third kappa shape index (κ3) is 3.11. The van der Waals surface area contributed by atoms with E-state index >= 15 is 0 Å². The Hall–Kier alpha value is -2.35. The number of nitrogens with one attached hydrogen (secondary N) is 1. The van der Waals surface area contributed by atoms with Crippen LogP contribution in [0, 0.1) is 0 Å². The molecule has 2 aromatic rings. The molecule has 2 heterocycles. The average molecular weight is 326 g/mol. The molecule has 1 amide bonds. The van der Waals surface area contributed by atoms with E-state index in [9.17, 15) is 9.59 Å². The van der Waals surface area contributed by atoms with Crippen LogP contribution in [0.25, 0.3) is 0 Å². The zero-order valence-corrected chi connectivity index (χ0v) is 13.2. The van der Waals surface area contributed by atoms with E-state index in [1.54, 1.807) is 24.9 Å². The third-order valence-corrected chi connectivity index (χ3v) is 3.20. The van der Waals surface area contributed by atoms with Gasteiger partial charge in [0.05, 0.1) is 17.8 Å². The SMILES string of the molecule is CCOC(=O)c1cnn(C)c1NC(=O)c1nn(CC)cc1Cl. The van der Waals surface area contributed by atoms with Gasteiger partial charge in [-0.25, -0.2) is 4.79 Å². The van der Waals surface area contributed by atoms with Gasteiger partial charge in [-0.15, -0.1) is 0 Å². The van der Waals surface area contributed by atoms with Crippen molar-refractivity contribution >= 4 is 29.3 Å². The first-order chi connectivity index (χ1) is 10.5. The van der Waals surface area contributed by atoms with Crippen molar-refractivity contribution in [1.29, 1.82) is 0 Å². The first kappa shape index (κ1) is 16.0. The molecular weight excluding hydrogens is 310 g/mol. The average Bonchev–Trinajstić information content (AvgIpc) is 3.03. The van der Waals surface area contributed by atoms with Crippen LogP contribution in [0.5, 0.6) is 0 Å². The quantitative estimate of drug-likeness (QED) is 0.845. The van der Waals surface area contributed by atoms with Crippen molar-refractivity contribution < 1.29 is 14.3 Å². The van der Waals surface area contributed by atoms with Gasteiger partial charge in [0.15, 0.2) is 5.69 Å². The summed E-state index contributed by atoms with van der Waals surface area (Å²) in [6, 6.07) is 0. The maximum absolute atomic E-state index is 12.3. The Morgan fingerprint density at radius 3 is 2.73 bits per heavy atom. The predicted molar refractivity (Wildman–Crippen MR) is 80.0 cm³/mol. The summed E-state index contributed by atoms with van der Waals surface area (Å²) < 4.78 is 7.84. The molecule has 2 aromatic heterocycles. The molecule has 0 aromatic carbocycles. The molecule has 0 saturated carbocycles. The number of aryl methyl sites for hydroxylation is 2. The van der Waals surface area contributed by atoms with Crippen LogP contribution in [0.4, 0.5) is 5.82 Å². The molecule has 0 unspecified atom stereocenters. The summed E-state index contributed by atoms with van der Waals surface area (Å²) in [6.07, 6.45) is 2.89. The molecule has 8 nitrogen and oxygen atoms in total. The summed E-state index contributed by atoms with van der Waals surface area (Å²) in [5.74, 6) is -0.854. The second-order valence-electron chi connectivity index (χ2n) is 4.39. The van der Waals surface area contributed by atoms with E-state index in [1.165, 1.54) is 10.9 Å². The van der Waals surface area contributed by atoms with Crippen molar-refractivity contribution in [1.82, 2.24) is 19.6 Å². The Morgan fingerprint density at radius 2 is 2.14 bits per heavy atom. The molecule has 0 aliphatic carbocycles. The van der Waals surface area contributed by atoms with Gasteiger partial charge in [0.25, 0.3) is 5.91 Å². The standard InChI is InChI=1S/C13H16ClN5O3/c1-4-19-7-9(14)10(17-19)12(20)16-11-8(6-15-18(11)3)13(21)22-5-2/h6-7H,4-5H2,1-3H3,(H,16,20). The largest absolute Gasteiger partial charge is 0.462 e. The molecule has 0 saturated heterocycles. The number of hydrogen-bond donors (Lipinski definition) is 1. The molecule has 2 rings (SSSR count). The molecule has 9 heteroatoms. The molecule has 0 radical (unpaired) electrons. The first-order valence-electron chi connectivity index (χ1n) is 6.71. The Labute approximate surface area is 132 Å². The predicted octanol–water partition coefficient (Wildman–Crippen LogP) is 1.72. The Morgan fingerprint density at radius 1 is 1.41 bits per heavy atom. The summed E-state index contributed by atoms with van der Waals surface area (Å²) in [6.45, 7) is 4.40. The molecule has 0 spiro atoms. The van der Waals surface area contributed by atoms with Gasteiger partial charge in [-0.2, -0.15) is 10.2 Å². The Kier molecular flexibility index (Phi) is 4.81. The number of ether oxygens (including phenoxy) is 1. The van der Waals surface area contributed by atoms with Gasteiger partial charge >= 0.3 is 5.97 Å². The lowest BCUT2D eigenvalue weighted by molar-refractivity contribution is 0.0527. The summed E-state index contributed by atoms with van der Waals surface area (Å²) in [5.41, 5.74) is 0.253. The normalized spacial score (nSPS) is 10.5. The topological polar surface area (TPSA) is 91.0 Å². The molecule has 0 fully saturated rings. The highest BCUT2D eigenvalue weighted by Gasteiger charge is 2.22. The highest BCUT2D eigenvalue weighted by molar-refractivity contribution is 6.34. The number of halogens is 1. The van der Waals surface area contributed by atoms with Crippen LogP contribution in [-0.2, 0) is 18.3 Å². The van der Waals surface area contributed by atoms with E-state index in [2.05, 4.69) is 15.5 Å². The highest BCUT2D eigenvalue weighted by atomic mass is 35.5. The minimum atomic E-state index is -0.559. The molecule has 22 heavy (non-hydrogen) atoms. The fourth-order valence-corrected chi connectivity index (χ4v) is 2.06. The molecular formula is C13H16ClN5O3. The first-order valence-corrected chi connectivity index (χ1v) is 7.09. The zero-order chi connectivity index (χ0) is 16.3. The van der Waals surface area contributed by atoms with E-state index in [0.29, 0.717) is 6.54 Å². The number of rotatable bonds is 5. The minimum Gasteiger partial charge on any atom is -0.462 e. The second kappa shape index (κ2) is 6.61. The Bertz CT molecular complexity index is 707. The van der Waals surface area contributed by atoms with Crippen LogP contribution in [0.1, 0.15) is 34.7 Å². The van der Waals surface area contributed by atoms with Gasteiger partial charge in [-0.1, -0.05) is 11.6 Å². The molecule has 118 valence electrons. The maximum atomic E-state index is 12.3. The van der Waals surface area contributed by atoms with E-state index in [-0.39, 0.29) is 28.7 Å². The van der Waals surface area contributed by atoms with E-state index < -0.39 is 11.9 Å². The van der Waals surface area contributed by atoms with Crippen LogP contribution in [0.15, 0.2) is 12.4 Å². The van der Waals surface area contributed by atoms with E-state index in [4.69, 9.17) is 16.3 Å². The van der Waals surface area contributed by atoms with Crippen molar-refractivity contribution in [2.75, 3.05) is 11.9 Å². The minimum absolute atomic E-state index is 0.0829. The lowest BCUT2D eigenvalue weighted by atomic mass is 10.3. The summed E-state index contributed by atoms with van der Waals surface area (Å²) in [7, 11) is 1.60. The van der Waals surface area contributed by atoms with Crippen LogP contribution < -0.4 is 5.32 Å². The lowest BCUT2D eigenvalue weighted by Gasteiger charge is -2.07. The maximum Gasteiger partial charge on any atom is 0.343 e. The van der Waals surface area contributed by atoms with Crippen molar-refractivity contribution in [3.8, 4) is 0 Å². The molecule has 0 aliphatic heterocycles. The van der Waals surface area contributed by atoms with Crippen LogP contribution in [0.2, 0.25) is 5.02 Å². The van der Waals surface area contributed by atoms with Gasteiger partial charge in [-0.05, 0) is 13.8 Å². The van der Waals surface area contributed by atoms with E-state index in [1.807, 2.05) is 6.92 Å². The van der Waals surface area contributed by atoms with Gasteiger partial charge in [0.2, 0.25) is 0 Å². The number of amides is 1. The van der Waals surface area contributed by atoms with Crippen molar-refractivity contribution in [2.45, 2.75) is 20.4 Å². The van der Waals surface area contributed by atoms with Gasteiger partial charge in [0, 0.05) is 19.8 Å². The van der Waals surface area contributed by atoms with Gasteiger partial charge in [0.1, 0.15) is 11.4 Å². The van der Waals surface area contributed by atoms with Crippen LogP contribution in [0.3, 0.4) is 0 Å². The highest BCUT2D eigenvalue weighted by Crippen LogP contribution is 2.19. The lowest BCUT2D eigenvalue weighted by Crippen LogP contribution is -2.18. The number of carbonyl (C=O) groups is 2. The Balaban J connectivity index is 2.26. The fraction of sp³-hybridized carbons (Fsp3) is 0.385. The molecule has 1 N–H and O–H groups in total. The number of anilines is 1. The van der Waals surface area contributed by atoms with Crippen LogP contribution >= 0.6 is 11.6 Å².